The van der Waals surface area contributed by atoms with E-state index < -0.39 is 28.5 Å². The van der Waals surface area contributed by atoms with Gasteiger partial charge in [-0.2, -0.15) is 17.5 Å². The maximum absolute atomic E-state index is 13.5. The van der Waals surface area contributed by atoms with Crippen molar-refractivity contribution in [2.75, 3.05) is 6.54 Å². The van der Waals surface area contributed by atoms with Crippen LogP contribution in [0.1, 0.15) is 63.6 Å². The van der Waals surface area contributed by atoms with E-state index in [4.69, 9.17) is 0 Å². The van der Waals surface area contributed by atoms with Crippen LogP contribution in [-0.2, 0) is 26.2 Å². The van der Waals surface area contributed by atoms with Crippen molar-refractivity contribution < 1.29 is 32.2 Å². The number of rotatable bonds is 6. The number of carbonyl (C=O) groups is 1. The molecule has 3 N–H and O–H groups in total. The molecule has 1 aliphatic carbocycles. The van der Waals surface area contributed by atoms with Crippen molar-refractivity contribution in [3.05, 3.63) is 94.6 Å². The van der Waals surface area contributed by atoms with Gasteiger partial charge in [-0.15, -0.1) is 15.9 Å². The molecule has 4 aromatic rings. The predicted molar refractivity (Wildman–Crippen MR) is 150 cm³/mol. The van der Waals surface area contributed by atoms with Crippen LogP contribution in [-0.4, -0.2) is 50.6 Å². The van der Waals surface area contributed by atoms with Crippen LogP contribution in [0.3, 0.4) is 0 Å². The van der Waals surface area contributed by atoms with Gasteiger partial charge in [0.05, 0.1) is 21.7 Å². The third-order valence-electron chi connectivity index (χ3n) is 7.98. The van der Waals surface area contributed by atoms with Gasteiger partial charge < -0.3 is 9.67 Å². The molecule has 222 valence electrons. The molecular weight excluding hydrogens is 571 g/mol. The van der Waals surface area contributed by atoms with Crippen molar-refractivity contribution in [2.24, 2.45) is 13.0 Å². The second-order valence-corrected chi connectivity index (χ2v) is 13.2. The average Bonchev–Trinajstić information content (AvgIpc) is 3.39. The number of carboxylic acids is 1. The second kappa shape index (κ2) is 10.3. The van der Waals surface area contributed by atoms with Crippen molar-refractivity contribution in [2.45, 2.75) is 49.2 Å². The van der Waals surface area contributed by atoms with Crippen molar-refractivity contribution in [1.82, 2.24) is 23.9 Å². The standard InChI is InChI=1S/C29H30F3N5O4S/c1-17-10-19-6-7-20(29(30,31)32)12-26(19)42(40,41)36(14-17)15-18-4-3-5-21(11-18)37-9-8-22(28(38)39)27(37)24-13-23(24)25-16-35(2)34-33-25/h3-9,11-12,16-17,23-24,40-41H,10,13-15H2,1-2H3,(H,38,39)/t17-,23?,24?/m0/s1. The van der Waals surface area contributed by atoms with Crippen LogP contribution in [0.5, 0.6) is 0 Å². The van der Waals surface area contributed by atoms with E-state index in [0.717, 1.165) is 24.2 Å². The number of hydrogen-bond donors (Lipinski definition) is 3. The molecule has 1 fully saturated rings. The summed E-state index contributed by atoms with van der Waals surface area (Å²) in [6.07, 6.45) is 0.0714. The molecule has 13 heteroatoms. The number of fused-ring (bicyclic) bond motifs is 1. The first-order chi connectivity index (χ1) is 19.8. The van der Waals surface area contributed by atoms with Crippen LogP contribution < -0.4 is 0 Å². The van der Waals surface area contributed by atoms with E-state index >= 15 is 0 Å². The van der Waals surface area contributed by atoms with Gasteiger partial charge in [0, 0.05) is 55.7 Å². The number of aromatic carboxylic acids is 1. The van der Waals surface area contributed by atoms with Crippen LogP contribution in [0.2, 0.25) is 0 Å². The lowest BCUT2D eigenvalue weighted by Gasteiger charge is -2.43. The summed E-state index contributed by atoms with van der Waals surface area (Å²) in [6, 6.07) is 12.0. The fraction of sp³-hybridized carbons (Fsp3) is 0.345. The second-order valence-electron chi connectivity index (χ2n) is 11.2. The monoisotopic (exact) mass is 601 g/mol. The fourth-order valence-electron chi connectivity index (χ4n) is 5.94. The summed E-state index contributed by atoms with van der Waals surface area (Å²) >= 11 is 0. The smallest absolute Gasteiger partial charge is 0.416 e. The van der Waals surface area contributed by atoms with Gasteiger partial charge in [0.1, 0.15) is 0 Å². The zero-order chi connectivity index (χ0) is 30.0. The van der Waals surface area contributed by atoms with Gasteiger partial charge in [0.2, 0.25) is 0 Å². The first-order valence-corrected chi connectivity index (χ1v) is 15.0. The third kappa shape index (κ3) is 5.21. The number of aromatic nitrogens is 4. The summed E-state index contributed by atoms with van der Waals surface area (Å²) in [5.74, 6) is -1.10. The van der Waals surface area contributed by atoms with Gasteiger partial charge in [-0.1, -0.05) is 30.3 Å². The highest BCUT2D eigenvalue weighted by Gasteiger charge is 2.45. The van der Waals surface area contributed by atoms with Gasteiger partial charge in [-0.25, -0.2) is 4.79 Å². The van der Waals surface area contributed by atoms with Gasteiger partial charge in [0.15, 0.2) is 0 Å². The molecule has 1 saturated carbocycles. The van der Waals surface area contributed by atoms with Crippen LogP contribution in [0.4, 0.5) is 13.2 Å². The maximum Gasteiger partial charge on any atom is 0.416 e. The number of halogens is 3. The minimum atomic E-state index is -4.61. The van der Waals surface area contributed by atoms with Gasteiger partial charge in [0.25, 0.3) is 0 Å². The molecule has 0 amide bonds. The Morgan fingerprint density at radius 2 is 1.90 bits per heavy atom. The molecule has 6 rings (SSSR count). The average molecular weight is 602 g/mol. The molecule has 9 nitrogen and oxygen atoms in total. The van der Waals surface area contributed by atoms with Crippen molar-refractivity contribution in [3.63, 3.8) is 0 Å². The molecule has 2 aromatic heterocycles. The van der Waals surface area contributed by atoms with E-state index in [9.17, 15) is 32.2 Å². The molecule has 3 heterocycles. The lowest BCUT2D eigenvalue weighted by Crippen LogP contribution is -2.30. The molecule has 42 heavy (non-hydrogen) atoms. The van der Waals surface area contributed by atoms with Crippen molar-refractivity contribution >= 4 is 16.7 Å². The zero-order valence-electron chi connectivity index (χ0n) is 22.9. The Kier molecular flexibility index (Phi) is 6.96. The topological polar surface area (TPSA) is 117 Å². The minimum Gasteiger partial charge on any atom is -0.478 e. The molecule has 0 radical (unpaired) electrons. The van der Waals surface area contributed by atoms with Gasteiger partial charge in [-0.05, 0) is 60.2 Å². The minimum absolute atomic E-state index is 0.0422. The number of alkyl halides is 3. The van der Waals surface area contributed by atoms with E-state index in [1.807, 2.05) is 35.9 Å². The van der Waals surface area contributed by atoms with Crippen molar-refractivity contribution in [3.8, 4) is 5.69 Å². The Labute approximate surface area is 241 Å². The molecule has 2 aromatic carbocycles. The van der Waals surface area contributed by atoms with E-state index in [1.54, 1.807) is 30.1 Å². The molecule has 0 bridgehead atoms. The highest BCUT2D eigenvalue weighted by Crippen LogP contribution is 2.57. The Morgan fingerprint density at radius 3 is 2.60 bits per heavy atom. The van der Waals surface area contributed by atoms with E-state index in [1.165, 1.54) is 10.4 Å². The van der Waals surface area contributed by atoms with Crippen molar-refractivity contribution in [1.29, 1.82) is 0 Å². The summed E-state index contributed by atoms with van der Waals surface area (Å²) in [4.78, 5) is 12.0. The van der Waals surface area contributed by atoms with Crippen LogP contribution >= 0.6 is 10.8 Å². The Bertz CT molecular complexity index is 1670. The SMILES string of the molecule is C[C@H]1Cc2ccc(C(F)(F)F)cc2S(O)(O)N(Cc2cccc(-n3ccc(C(=O)O)c3C3CC3c3cn(C)nn3)c2)C1. The van der Waals surface area contributed by atoms with Crippen LogP contribution in [0, 0.1) is 5.92 Å². The Balaban J connectivity index is 1.33. The number of hydrogen-bond acceptors (Lipinski definition) is 6. The largest absolute Gasteiger partial charge is 0.478 e. The van der Waals surface area contributed by atoms with E-state index in [0.29, 0.717) is 28.9 Å². The summed E-state index contributed by atoms with van der Waals surface area (Å²) < 4.78 is 68.1. The van der Waals surface area contributed by atoms with E-state index in [-0.39, 0.29) is 41.3 Å². The van der Waals surface area contributed by atoms with Crippen LogP contribution in [0.15, 0.2) is 65.8 Å². The number of carboxylic acid groups (broad SMARTS) is 1. The third-order valence-corrected chi connectivity index (χ3v) is 9.95. The van der Waals surface area contributed by atoms with Crippen LogP contribution in [0.25, 0.3) is 5.69 Å². The fourth-order valence-corrected chi connectivity index (χ4v) is 7.79. The zero-order valence-corrected chi connectivity index (χ0v) is 23.7. The number of benzene rings is 2. The molecular formula is C29H30F3N5O4S. The number of nitrogens with zero attached hydrogens (tertiary/aromatic N) is 5. The lowest BCUT2D eigenvalue weighted by atomic mass is 9.99. The molecule has 2 aliphatic rings. The first-order valence-electron chi connectivity index (χ1n) is 13.5. The highest BCUT2D eigenvalue weighted by molar-refractivity contribution is 8.22. The quantitative estimate of drug-likeness (QED) is 0.237. The van der Waals surface area contributed by atoms with Gasteiger partial charge in [-0.3, -0.25) is 13.8 Å². The molecule has 0 spiro atoms. The summed E-state index contributed by atoms with van der Waals surface area (Å²) in [6.45, 7) is 2.26. The highest BCUT2D eigenvalue weighted by atomic mass is 32.3. The summed E-state index contributed by atoms with van der Waals surface area (Å²) in [7, 11) is -1.95. The Hall–Kier alpha value is -3.65. The summed E-state index contributed by atoms with van der Waals surface area (Å²) in [5.41, 5.74) is 2.61. The summed E-state index contributed by atoms with van der Waals surface area (Å²) in [5, 5.41) is 18.1. The Morgan fingerprint density at radius 1 is 1.12 bits per heavy atom. The molecule has 1 aliphatic heterocycles. The predicted octanol–water partition coefficient (Wildman–Crippen LogP) is 6.31. The molecule has 3 atom stereocenters. The number of aryl methyl sites for hydroxylation is 1. The molecule has 2 unspecified atom stereocenters. The normalized spacial score (nSPS) is 22.8. The maximum atomic E-state index is 13.5. The van der Waals surface area contributed by atoms with E-state index in [2.05, 4.69) is 10.3 Å². The first kappa shape index (κ1) is 28.5. The van der Waals surface area contributed by atoms with Gasteiger partial charge >= 0.3 is 12.1 Å². The molecule has 0 saturated heterocycles. The lowest BCUT2D eigenvalue weighted by molar-refractivity contribution is -0.137.